The number of aromatic nitrogens is 1. The number of nitrogens with zero attached hydrogens (tertiary/aromatic N) is 2. The average molecular weight is 151 g/mol. The Bertz CT molecular complexity index is 310. The molecule has 0 bridgehead atoms. The maximum absolute atomic E-state index is 10.2. The lowest BCUT2D eigenvalue weighted by atomic mass is 10.5. The van der Waals surface area contributed by atoms with E-state index in [-0.39, 0.29) is 5.69 Å². The molecule has 0 spiro atoms. The van der Waals surface area contributed by atoms with E-state index in [0.717, 1.165) is 4.73 Å². The third-order valence-corrected chi connectivity index (χ3v) is 1.02. The van der Waals surface area contributed by atoms with Crippen molar-refractivity contribution in [3.05, 3.63) is 24.0 Å². The van der Waals surface area contributed by atoms with Gasteiger partial charge in [0.25, 0.3) is 0 Å². The molecule has 2 N–H and O–H groups in total. The summed E-state index contributed by atoms with van der Waals surface area (Å²) in [5.41, 5.74) is 4.94. The van der Waals surface area contributed by atoms with Gasteiger partial charge in [-0.25, -0.2) is 4.79 Å². The van der Waals surface area contributed by atoms with E-state index in [4.69, 9.17) is 11.0 Å². The first-order valence-electron chi connectivity index (χ1n) is 2.79. The molecule has 0 aliphatic heterocycles. The highest BCUT2D eigenvalue weighted by Gasteiger charge is 2.01. The molecule has 1 aromatic heterocycles. The summed E-state index contributed by atoms with van der Waals surface area (Å²) in [6.07, 6.45) is 0.473. The van der Waals surface area contributed by atoms with Gasteiger partial charge in [0.15, 0.2) is 5.69 Å². The van der Waals surface area contributed by atoms with Gasteiger partial charge in [0.1, 0.15) is 6.07 Å². The number of carbonyl (C=O) groups excluding carboxylic acids is 1. The number of carbonyl (C=O) groups is 1. The predicted octanol–water partition coefficient (Wildman–Crippen LogP) is -0.133. The lowest BCUT2D eigenvalue weighted by molar-refractivity contribution is 0.142. The summed E-state index contributed by atoms with van der Waals surface area (Å²) < 4.78 is 1.00. The zero-order chi connectivity index (χ0) is 8.27. The fourth-order valence-corrected chi connectivity index (χ4v) is 0.629. The minimum absolute atomic E-state index is 0.226. The number of nitriles is 1. The van der Waals surface area contributed by atoms with Crippen LogP contribution in [-0.4, -0.2) is 10.8 Å². The second-order valence-electron chi connectivity index (χ2n) is 1.74. The van der Waals surface area contributed by atoms with Crippen LogP contribution in [0, 0.1) is 11.3 Å². The molecular formula is C6H5N3O2. The molecule has 5 heteroatoms. The zero-order valence-corrected chi connectivity index (χ0v) is 5.52. The maximum atomic E-state index is 10.2. The average Bonchev–Trinajstić information content (AvgIpc) is 2.34. The van der Waals surface area contributed by atoms with E-state index in [0.29, 0.717) is 0 Å². The summed E-state index contributed by atoms with van der Waals surface area (Å²) in [6, 6.07) is 4.88. The Hall–Kier alpha value is -1.96. The zero-order valence-electron chi connectivity index (χ0n) is 5.52. The topological polar surface area (TPSA) is 81.0 Å². The molecular weight excluding hydrogens is 146 g/mol. The number of nitrogens with two attached hydrogens (primary N) is 1. The van der Waals surface area contributed by atoms with Gasteiger partial charge in [-0.05, 0) is 12.1 Å². The minimum atomic E-state index is -0.947. The Morgan fingerprint density at radius 3 is 3.09 bits per heavy atom. The Balaban J connectivity index is 2.87. The van der Waals surface area contributed by atoms with Crippen LogP contribution in [0.3, 0.4) is 0 Å². The van der Waals surface area contributed by atoms with Crippen molar-refractivity contribution in [2.24, 2.45) is 5.73 Å². The first-order chi connectivity index (χ1) is 5.24. The van der Waals surface area contributed by atoms with Crippen molar-refractivity contribution in [1.29, 1.82) is 5.26 Å². The molecule has 0 radical (unpaired) electrons. The van der Waals surface area contributed by atoms with Crippen LogP contribution in [0.1, 0.15) is 5.69 Å². The van der Waals surface area contributed by atoms with E-state index in [2.05, 4.69) is 4.84 Å². The smallest absolute Gasteiger partial charge is 0.333 e. The molecule has 1 rings (SSSR count). The SMILES string of the molecule is N#Cc1cccn1OC(N)=O. The van der Waals surface area contributed by atoms with Crippen LogP contribution < -0.4 is 10.6 Å². The number of hydrogen-bond donors (Lipinski definition) is 1. The first-order valence-corrected chi connectivity index (χ1v) is 2.79. The highest BCUT2D eigenvalue weighted by Crippen LogP contribution is 1.96. The standard InChI is InChI=1S/C6H5N3O2/c7-4-5-2-1-3-9(5)11-6(8)10/h1-3H,(H2,8,10). The summed E-state index contributed by atoms with van der Waals surface area (Å²) in [5.74, 6) is 0. The number of rotatable bonds is 1. The molecule has 1 heterocycles. The van der Waals surface area contributed by atoms with E-state index < -0.39 is 6.09 Å². The maximum Gasteiger partial charge on any atom is 0.429 e. The summed E-state index contributed by atoms with van der Waals surface area (Å²) in [7, 11) is 0. The van der Waals surface area contributed by atoms with Crippen molar-refractivity contribution in [3.63, 3.8) is 0 Å². The lowest BCUT2D eigenvalue weighted by Gasteiger charge is -1.99. The van der Waals surface area contributed by atoms with Gasteiger partial charge >= 0.3 is 6.09 Å². The second kappa shape index (κ2) is 2.75. The summed E-state index contributed by atoms with van der Waals surface area (Å²) in [5, 5.41) is 8.42. The largest absolute Gasteiger partial charge is 0.429 e. The Labute approximate surface area is 62.5 Å². The van der Waals surface area contributed by atoms with Gasteiger partial charge < -0.3 is 10.6 Å². The molecule has 56 valence electrons. The van der Waals surface area contributed by atoms with E-state index >= 15 is 0 Å². The molecule has 1 amide bonds. The fourth-order valence-electron chi connectivity index (χ4n) is 0.629. The van der Waals surface area contributed by atoms with E-state index in [1.54, 1.807) is 6.07 Å². The highest BCUT2D eigenvalue weighted by atomic mass is 16.7. The summed E-state index contributed by atoms with van der Waals surface area (Å²) in [6.45, 7) is 0. The molecule has 0 atom stereocenters. The van der Waals surface area contributed by atoms with Crippen molar-refractivity contribution in [3.8, 4) is 6.07 Å². The van der Waals surface area contributed by atoms with E-state index in [1.807, 2.05) is 6.07 Å². The third kappa shape index (κ3) is 1.49. The fraction of sp³-hybridized carbons (Fsp3) is 0. The second-order valence-corrected chi connectivity index (χ2v) is 1.74. The van der Waals surface area contributed by atoms with E-state index in [1.165, 1.54) is 12.3 Å². The molecule has 11 heavy (non-hydrogen) atoms. The van der Waals surface area contributed by atoms with Gasteiger partial charge in [-0.15, -0.1) is 0 Å². The van der Waals surface area contributed by atoms with Gasteiger partial charge in [0.05, 0.1) is 0 Å². The molecule has 0 aliphatic carbocycles. The Morgan fingerprint density at radius 1 is 1.82 bits per heavy atom. The summed E-state index contributed by atoms with van der Waals surface area (Å²) >= 11 is 0. The van der Waals surface area contributed by atoms with Crippen LogP contribution in [0.15, 0.2) is 18.3 Å². The number of amides is 1. The molecule has 0 aliphatic rings. The molecule has 0 saturated carbocycles. The molecule has 0 unspecified atom stereocenters. The number of hydrogen-bond acceptors (Lipinski definition) is 3. The van der Waals surface area contributed by atoms with Crippen molar-refractivity contribution in [2.45, 2.75) is 0 Å². The van der Waals surface area contributed by atoms with Crippen molar-refractivity contribution >= 4 is 6.09 Å². The van der Waals surface area contributed by atoms with Crippen LogP contribution in [0.2, 0.25) is 0 Å². The predicted molar refractivity (Wildman–Crippen MR) is 35.3 cm³/mol. The van der Waals surface area contributed by atoms with E-state index in [9.17, 15) is 4.79 Å². The van der Waals surface area contributed by atoms with Gasteiger partial charge in [-0.3, -0.25) is 0 Å². The Morgan fingerprint density at radius 2 is 2.55 bits per heavy atom. The van der Waals surface area contributed by atoms with Crippen molar-refractivity contribution in [2.75, 3.05) is 0 Å². The van der Waals surface area contributed by atoms with Crippen molar-refractivity contribution in [1.82, 2.24) is 4.73 Å². The monoisotopic (exact) mass is 151 g/mol. The van der Waals surface area contributed by atoms with Crippen LogP contribution in [-0.2, 0) is 0 Å². The van der Waals surface area contributed by atoms with Gasteiger partial charge in [-0.1, -0.05) is 0 Å². The highest BCUT2D eigenvalue weighted by molar-refractivity contribution is 5.65. The molecule has 0 fully saturated rings. The Kier molecular flexibility index (Phi) is 1.79. The lowest BCUT2D eigenvalue weighted by Crippen LogP contribution is -2.25. The summed E-state index contributed by atoms with van der Waals surface area (Å²) in [4.78, 5) is 14.6. The van der Waals surface area contributed by atoms with Gasteiger partial charge in [0, 0.05) is 6.20 Å². The molecule has 0 aromatic carbocycles. The normalized spacial score (nSPS) is 8.64. The molecule has 1 aromatic rings. The third-order valence-electron chi connectivity index (χ3n) is 1.02. The van der Waals surface area contributed by atoms with Crippen LogP contribution in [0.4, 0.5) is 4.79 Å². The molecule has 0 saturated heterocycles. The van der Waals surface area contributed by atoms with Gasteiger partial charge in [-0.2, -0.15) is 9.99 Å². The van der Waals surface area contributed by atoms with Crippen LogP contribution in [0.5, 0.6) is 0 Å². The number of primary amides is 1. The quantitative estimate of drug-likeness (QED) is 0.606. The molecule has 5 nitrogen and oxygen atoms in total. The first kappa shape index (κ1) is 7.15. The van der Waals surface area contributed by atoms with Crippen LogP contribution >= 0.6 is 0 Å². The van der Waals surface area contributed by atoms with Crippen molar-refractivity contribution < 1.29 is 9.63 Å². The minimum Gasteiger partial charge on any atom is -0.333 e. The van der Waals surface area contributed by atoms with Crippen LogP contribution in [0.25, 0.3) is 0 Å². The van der Waals surface area contributed by atoms with Gasteiger partial charge in [0.2, 0.25) is 0 Å².